The monoisotopic (exact) mass is 279 g/mol. The number of nitrogens with one attached hydrogen (secondary N) is 1. The van der Waals surface area contributed by atoms with E-state index in [2.05, 4.69) is 16.0 Å². The lowest BCUT2D eigenvalue weighted by atomic mass is 10.0. The van der Waals surface area contributed by atoms with Crippen LogP contribution in [0.5, 0.6) is 0 Å². The molecule has 0 aliphatic rings. The number of nitrogens with zero attached hydrogens (tertiary/aromatic N) is 2. The van der Waals surface area contributed by atoms with Crippen LogP contribution >= 0.6 is 11.3 Å². The topological polar surface area (TPSA) is 76.8 Å². The third kappa shape index (κ3) is 2.13. The van der Waals surface area contributed by atoms with Crippen molar-refractivity contribution in [3.63, 3.8) is 0 Å². The number of aromatic amines is 1. The molecule has 0 saturated heterocycles. The quantitative estimate of drug-likeness (QED) is 0.783. The molecule has 0 radical (unpaired) electrons. The molecular weight excluding hydrogens is 268 g/mol. The summed E-state index contributed by atoms with van der Waals surface area (Å²) in [4.78, 5) is 8.35. The van der Waals surface area contributed by atoms with Gasteiger partial charge in [-0.2, -0.15) is 5.26 Å². The molecular formula is C15H11N4S+. The first kappa shape index (κ1) is 12.3. The Balaban J connectivity index is 2.24. The van der Waals surface area contributed by atoms with E-state index in [0.717, 1.165) is 21.7 Å². The van der Waals surface area contributed by atoms with Crippen LogP contribution in [0.2, 0.25) is 0 Å². The maximum atomic E-state index is 9.29. The Bertz CT molecular complexity index is 774. The van der Waals surface area contributed by atoms with Gasteiger partial charge < -0.3 is 5.73 Å². The zero-order valence-electron chi connectivity index (χ0n) is 10.5. The fourth-order valence-corrected chi connectivity index (χ4v) is 2.76. The Morgan fingerprint density at radius 2 is 2.20 bits per heavy atom. The van der Waals surface area contributed by atoms with Gasteiger partial charge in [0.1, 0.15) is 17.5 Å². The van der Waals surface area contributed by atoms with Crippen LogP contribution in [-0.4, -0.2) is 4.98 Å². The smallest absolute Gasteiger partial charge is 0.176 e. The van der Waals surface area contributed by atoms with Crippen molar-refractivity contribution in [2.45, 2.75) is 0 Å². The fraction of sp³-hybridized carbons (Fsp3) is 0. The van der Waals surface area contributed by atoms with Crippen molar-refractivity contribution >= 4 is 17.2 Å². The normalized spacial score (nSPS) is 10.2. The summed E-state index contributed by atoms with van der Waals surface area (Å²) >= 11 is 1.58. The van der Waals surface area contributed by atoms with Gasteiger partial charge in [0.15, 0.2) is 12.4 Å². The summed E-state index contributed by atoms with van der Waals surface area (Å²) in [5, 5.41) is 11.3. The summed E-state index contributed by atoms with van der Waals surface area (Å²) in [6, 6.07) is 11.8. The van der Waals surface area contributed by atoms with Crippen molar-refractivity contribution in [2.24, 2.45) is 0 Å². The van der Waals surface area contributed by atoms with E-state index in [-0.39, 0.29) is 5.82 Å². The molecule has 0 aliphatic heterocycles. The second kappa shape index (κ2) is 5.11. The van der Waals surface area contributed by atoms with Crippen molar-refractivity contribution in [1.29, 1.82) is 5.26 Å². The van der Waals surface area contributed by atoms with Gasteiger partial charge in [0.05, 0.1) is 11.3 Å². The molecule has 0 bridgehead atoms. The van der Waals surface area contributed by atoms with E-state index in [1.54, 1.807) is 11.3 Å². The average molecular weight is 279 g/mol. The molecule has 3 aromatic heterocycles. The molecule has 3 N–H and O–H groups in total. The summed E-state index contributed by atoms with van der Waals surface area (Å²) in [7, 11) is 0. The molecule has 96 valence electrons. The van der Waals surface area contributed by atoms with E-state index in [0.29, 0.717) is 5.56 Å². The van der Waals surface area contributed by atoms with Crippen LogP contribution in [-0.2, 0) is 0 Å². The maximum absolute atomic E-state index is 9.29. The van der Waals surface area contributed by atoms with Crippen LogP contribution in [0.15, 0.2) is 48.1 Å². The van der Waals surface area contributed by atoms with E-state index in [9.17, 15) is 5.26 Å². The van der Waals surface area contributed by atoms with Crippen molar-refractivity contribution in [1.82, 2.24) is 4.98 Å². The minimum Gasteiger partial charge on any atom is -0.383 e. The van der Waals surface area contributed by atoms with Gasteiger partial charge in [-0.1, -0.05) is 6.07 Å². The van der Waals surface area contributed by atoms with Gasteiger partial charge in [-0.3, -0.25) is 0 Å². The fourth-order valence-electron chi connectivity index (χ4n) is 2.01. The Morgan fingerprint density at radius 1 is 1.30 bits per heavy atom. The molecule has 0 unspecified atom stereocenters. The summed E-state index contributed by atoms with van der Waals surface area (Å²) in [5.74, 6) is 0.261. The van der Waals surface area contributed by atoms with Crippen LogP contribution in [0.25, 0.3) is 21.7 Å². The number of aromatic nitrogens is 2. The number of hydrogen-bond donors (Lipinski definition) is 1. The zero-order chi connectivity index (χ0) is 13.9. The minimum absolute atomic E-state index is 0.261. The third-order valence-electron chi connectivity index (χ3n) is 2.95. The first-order chi connectivity index (χ1) is 9.79. The van der Waals surface area contributed by atoms with Gasteiger partial charge in [-0.25, -0.2) is 9.97 Å². The summed E-state index contributed by atoms with van der Waals surface area (Å²) < 4.78 is 0. The van der Waals surface area contributed by atoms with Crippen molar-refractivity contribution in [2.75, 3.05) is 5.73 Å². The van der Waals surface area contributed by atoms with Gasteiger partial charge >= 0.3 is 0 Å². The zero-order valence-corrected chi connectivity index (χ0v) is 11.3. The number of anilines is 1. The molecule has 20 heavy (non-hydrogen) atoms. The van der Waals surface area contributed by atoms with Crippen LogP contribution < -0.4 is 10.7 Å². The molecule has 4 nitrogen and oxygen atoms in total. The first-order valence-electron chi connectivity index (χ1n) is 6.00. The number of pyridine rings is 2. The van der Waals surface area contributed by atoms with E-state index < -0.39 is 0 Å². The second-order valence-corrected chi connectivity index (χ2v) is 5.14. The number of nitrogen functional groups attached to an aromatic ring is 1. The molecule has 3 aromatic rings. The molecule has 0 amide bonds. The summed E-state index contributed by atoms with van der Waals surface area (Å²) in [6.07, 6.45) is 3.68. The largest absolute Gasteiger partial charge is 0.383 e. The molecule has 0 saturated carbocycles. The van der Waals surface area contributed by atoms with Gasteiger partial charge in [0, 0.05) is 16.5 Å². The maximum Gasteiger partial charge on any atom is 0.176 e. The Hall–Kier alpha value is -2.71. The van der Waals surface area contributed by atoms with Gasteiger partial charge in [-0.15, -0.1) is 11.3 Å². The predicted molar refractivity (Wildman–Crippen MR) is 78.7 cm³/mol. The number of nitriles is 1. The highest BCUT2D eigenvalue weighted by Crippen LogP contribution is 2.33. The summed E-state index contributed by atoms with van der Waals surface area (Å²) in [6.45, 7) is 0. The second-order valence-electron chi connectivity index (χ2n) is 4.20. The lowest BCUT2D eigenvalue weighted by Gasteiger charge is -2.07. The Labute approximate surface area is 120 Å². The van der Waals surface area contributed by atoms with Crippen molar-refractivity contribution < 1.29 is 4.98 Å². The molecule has 0 aromatic carbocycles. The minimum atomic E-state index is 0.261. The number of rotatable bonds is 2. The summed E-state index contributed by atoms with van der Waals surface area (Å²) in [5.41, 5.74) is 8.88. The lowest BCUT2D eigenvalue weighted by molar-refractivity contribution is -0.377. The average Bonchev–Trinajstić information content (AvgIpc) is 3.01. The van der Waals surface area contributed by atoms with Gasteiger partial charge in [0.2, 0.25) is 0 Å². The van der Waals surface area contributed by atoms with E-state index in [1.165, 1.54) is 0 Å². The number of hydrogen-bond acceptors (Lipinski definition) is 4. The molecule has 0 atom stereocenters. The molecule has 3 rings (SSSR count). The highest BCUT2D eigenvalue weighted by Gasteiger charge is 2.14. The molecule has 0 spiro atoms. The van der Waals surface area contributed by atoms with Crippen molar-refractivity contribution in [3.05, 3.63) is 53.7 Å². The highest BCUT2D eigenvalue weighted by molar-refractivity contribution is 7.13. The first-order valence-corrected chi connectivity index (χ1v) is 6.88. The van der Waals surface area contributed by atoms with Crippen LogP contribution in [0, 0.1) is 11.3 Å². The standard InChI is InChI=1S/C15H10N4S/c16-8-12-11(14-4-2-6-20-14)7-13(19-15(12)17)10-3-1-5-18-9-10/h1-7,9H,(H2,17,19)/p+1. The SMILES string of the molecule is N#Cc1c(-c2cccs2)cc(-c2ccc[nH+]c2)nc1N. The van der Waals surface area contributed by atoms with E-state index in [1.807, 2.05) is 48.1 Å². The number of H-pyrrole nitrogens is 1. The van der Waals surface area contributed by atoms with Crippen LogP contribution in [0.4, 0.5) is 5.82 Å². The molecule has 0 fully saturated rings. The van der Waals surface area contributed by atoms with Gasteiger partial charge in [-0.05, 0) is 23.6 Å². The molecule has 0 aliphatic carbocycles. The number of nitrogens with two attached hydrogens (primary N) is 1. The van der Waals surface area contributed by atoms with E-state index >= 15 is 0 Å². The highest BCUT2D eigenvalue weighted by atomic mass is 32.1. The Morgan fingerprint density at radius 3 is 2.85 bits per heavy atom. The van der Waals surface area contributed by atoms with Crippen LogP contribution in [0.1, 0.15) is 5.56 Å². The lowest BCUT2D eigenvalue weighted by Crippen LogP contribution is -2.02. The third-order valence-corrected chi connectivity index (χ3v) is 3.85. The molecule has 5 heteroatoms. The van der Waals surface area contributed by atoms with Crippen LogP contribution in [0.3, 0.4) is 0 Å². The molecule has 3 heterocycles. The van der Waals surface area contributed by atoms with Crippen molar-refractivity contribution in [3.8, 4) is 27.8 Å². The van der Waals surface area contributed by atoms with Gasteiger partial charge in [0.25, 0.3) is 0 Å². The Kier molecular flexibility index (Phi) is 3.15. The predicted octanol–water partition coefficient (Wildman–Crippen LogP) is 2.75. The number of thiophene rings is 1. The van der Waals surface area contributed by atoms with E-state index in [4.69, 9.17) is 5.73 Å².